The Morgan fingerprint density at radius 3 is 2.27 bits per heavy atom. The summed E-state index contributed by atoms with van der Waals surface area (Å²) in [7, 11) is 3.05. The summed E-state index contributed by atoms with van der Waals surface area (Å²) in [4.78, 5) is 40.4. The average molecular weight is 630 g/mol. The zero-order valence-corrected chi connectivity index (χ0v) is 26.0. The lowest BCUT2D eigenvalue weighted by Gasteiger charge is -2.16. The van der Waals surface area contributed by atoms with Gasteiger partial charge in [-0.1, -0.05) is 42.8 Å². The molecule has 4 aromatic carbocycles. The van der Waals surface area contributed by atoms with Crippen LogP contribution in [0.15, 0.2) is 108 Å². The minimum Gasteiger partial charge on any atom is -0.497 e. The van der Waals surface area contributed by atoms with Gasteiger partial charge in [0.2, 0.25) is 5.91 Å². The van der Waals surface area contributed by atoms with Crippen molar-refractivity contribution in [3.8, 4) is 11.5 Å². The first kappa shape index (κ1) is 32.2. The number of thioether (sulfide) groups is 1. The Morgan fingerprint density at radius 1 is 0.841 bits per heavy atom. The molecule has 1 unspecified atom stereocenters. The van der Waals surface area contributed by atoms with E-state index in [1.54, 1.807) is 91.0 Å². The van der Waals surface area contributed by atoms with E-state index in [0.29, 0.717) is 45.4 Å². The van der Waals surface area contributed by atoms with Gasteiger partial charge >= 0.3 is 0 Å². The number of carbonyl (C=O) groups is 3. The maximum Gasteiger partial charge on any atom is 0.272 e. The zero-order chi connectivity index (χ0) is 31.5. The summed E-state index contributed by atoms with van der Waals surface area (Å²) < 4.78 is 10.8. The quantitative estimate of drug-likeness (QED) is 0.112. The molecular weight excluding hydrogens is 598 g/mol. The van der Waals surface area contributed by atoms with Crippen LogP contribution in [-0.4, -0.2) is 37.2 Å². The van der Waals surface area contributed by atoms with Crippen molar-refractivity contribution in [2.45, 2.75) is 23.5 Å². The molecule has 8 nitrogen and oxygen atoms in total. The monoisotopic (exact) mass is 629 g/mol. The first-order valence-electron chi connectivity index (χ1n) is 13.7. The summed E-state index contributed by atoms with van der Waals surface area (Å²) >= 11 is 7.34. The normalized spacial score (nSPS) is 11.7. The molecule has 4 rings (SSSR count). The Bertz CT molecular complexity index is 1640. The Balaban J connectivity index is 1.55. The number of carbonyl (C=O) groups excluding carboxylic acids is 3. The number of nitrogens with one attached hydrogen (secondary N) is 3. The van der Waals surface area contributed by atoms with E-state index in [0.717, 1.165) is 4.90 Å². The van der Waals surface area contributed by atoms with Gasteiger partial charge in [0.1, 0.15) is 17.2 Å². The van der Waals surface area contributed by atoms with Crippen molar-refractivity contribution in [3.05, 3.63) is 119 Å². The van der Waals surface area contributed by atoms with Gasteiger partial charge in [-0.25, -0.2) is 0 Å². The van der Waals surface area contributed by atoms with E-state index in [2.05, 4.69) is 16.0 Å². The summed E-state index contributed by atoms with van der Waals surface area (Å²) in [5.41, 5.74) is 2.07. The van der Waals surface area contributed by atoms with Gasteiger partial charge in [-0.05, 0) is 85.3 Å². The van der Waals surface area contributed by atoms with Gasteiger partial charge in [0.15, 0.2) is 0 Å². The highest BCUT2D eigenvalue weighted by molar-refractivity contribution is 8.00. The second kappa shape index (κ2) is 15.7. The maximum atomic E-state index is 13.6. The highest BCUT2D eigenvalue weighted by atomic mass is 35.5. The summed E-state index contributed by atoms with van der Waals surface area (Å²) in [6.07, 6.45) is 2.12. The van der Waals surface area contributed by atoms with Crippen LogP contribution >= 0.6 is 23.4 Å². The number of amides is 3. The number of hydrogen-bond acceptors (Lipinski definition) is 6. The molecule has 226 valence electrons. The summed E-state index contributed by atoms with van der Waals surface area (Å²) in [5, 5.41) is 8.74. The lowest BCUT2D eigenvalue weighted by molar-refractivity contribution is -0.116. The molecule has 0 aliphatic rings. The van der Waals surface area contributed by atoms with E-state index in [1.807, 2.05) is 13.0 Å². The van der Waals surface area contributed by atoms with Crippen LogP contribution in [0.4, 0.5) is 11.4 Å². The number of halogens is 1. The standard InChI is InChI=1S/C34H32ClN3O5S/c1-4-31(34(41)36-25-15-13-24(35)14-16-25)44-28-12-8-11-26(21-28)37-33(40)29(38-32(39)22-9-6-5-7-10-22)20-23-19-27(42-2)17-18-30(23)43-3/h5-21,31H,4H2,1-3H3,(H,36,41)(H,37,40)(H,38,39)/b29-20+. The molecule has 0 aliphatic heterocycles. The molecule has 0 spiro atoms. The SMILES string of the molecule is CCC(Sc1cccc(NC(=O)/C(=C\c2cc(OC)ccc2OC)NC(=O)c2ccccc2)c1)C(=O)Nc1ccc(Cl)cc1. The third-order valence-corrected chi connectivity index (χ3v) is 8.02. The number of rotatable bonds is 12. The van der Waals surface area contributed by atoms with E-state index < -0.39 is 11.8 Å². The molecule has 0 radical (unpaired) electrons. The average Bonchev–Trinajstić information content (AvgIpc) is 3.04. The molecule has 4 aromatic rings. The van der Waals surface area contributed by atoms with Crippen LogP contribution in [0.2, 0.25) is 5.02 Å². The van der Waals surface area contributed by atoms with Crippen LogP contribution in [0.5, 0.6) is 11.5 Å². The minimum atomic E-state index is -0.547. The van der Waals surface area contributed by atoms with Gasteiger partial charge in [0, 0.05) is 32.4 Å². The molecule has 1 atom stereocenters. The molecule has 0 fully saturated rings. The maximum absolute atomic E-state index is 13.6. The Kier molecular flexibility index (Phi) is 11.5. The fourth-order valence-electron chi connectivity index (χ4n) is 4.14. The summed E-state index contributed by atoms with van der Waals surface area (Å²) in [6.45, 7) is 1.93. The first-order valence-corrected chi connectivity index (χ1v) is 15.0. The highest BCUT2D eigenvalue weighted by Crippen LogP contribution is 2.30. The molecule has 0 saturated carbocycles. The predicted molar refractivity (Wildman–Crippen MR) is 177 cm³/mol. The lowest BCUT2D eigenvalue weighted by atomic mass is 10.1. The Hall–Kier alpha value is -4.73. The van der Waals surface area contributed by atoms with Gasteiger partial charge in [0.25, 0.3) is 11.8 Å². The number of hydrogen-bond donors (Lipinski definition) is 3. The lowest BCUT2D eigenvalue weighted by Crippen LogP contribution is -2.30. The van der Waals surface area contributed by atoms with Crippen molar-refractivity contribution in [2.24, 2.45) is 0 Å². The summed E-state index contributed by atoms with van der Waals surface area (Å²) in [6, 6.07) is 27.9. The van der Waals surface area contributed by atoms with Crippen LogP contribution in [0.1, 0.15) is 29.3 Å². The van der Waals surface area contributed by atoms with Gasteiger partial charge in [-0.15, -0.1) is 11.8 Å². The molecule has 44 heavy (non-hydrogen) atoms. The molecule has 3 amide bonds. The van der Waals surface area contributed by atoms with Crippen molar-refractivity contribution in [1.29, 1.82) is 0 Å². The van der Waals surface area contributed by atoms with Crippen LogP contribution < -0.4 is 25.4 Å². The molecule has 0 heterocycles. The zero-order valence-electron chi connectivity index (χ0n) is 24.4. The van der Waals surface area contributed by atoms with Crippen molar-refractivity contribution in [2.75, 3.05) is 24.9 Å². The van der Waals surface area contributed by atoms with E-state index in [1.165, 1.54) is 32.1 Å². The fraction of sp³-hybridized carbons (Fsp3) is 0.147. The van der Waals surface area contributed by atoms with Crippen molar-refractivity contribution < 1.29 is 23.9 Å². The largest absolute Gasteiger partial charge is 0.497 e. The second-order valence-electron chi connectivity index (χ2n) is 9.48. The summed E-state index contributed by atoms with van der Waals surface area (Å²) in [5.74, 6) is -0.0905. The van der Waals surface area contributed by atoms with E-state index in [9.17, 15) is 14.4 Å². The van der Waals surface area contributed by atoms with Crippen molar-refractivity contribution in [3.63, 3.8) is 0 Å². The van der Waals surface area contributed by atoms with Crippen LogP contribution in [0.3, 0.4) is 0 Å². The minimum absolute atomic E-state index is 0.00256. The van der Waals surface area contributed by atoms with Crippen LogP contribution in [0, 0.1) is 0 Å². The highest BCUT2D eigenvalue weighted by Gasteiger charge is 2.20. The fourth-order valence-corrected chi connectivity index (χ4v) is 5.28. The molecule has 0 aromatic heterocycles. The second-order valence-corrected chi connectivity index (χ2v) is 11.2. The number of anilines is 2. The van der Waals surface area contributed by atoms with Crippen molar-refractivity contribution in [1.82, 2.24) is 5.32 Å². The smallest absolute Gasteiger partial charge is 0.272 e. The molecular formula is C34H32ClN3O5S. The molecule has 0 saturated heterocycles. The molecule has 10 heteroatoms. The number of ether oxygens (including phenoxy) is 2. The van der Waals surface area contributed by atoms with Crippen LogP contribution in [0.25, 0.3) is 6.08 Å². The van der Waals surface area contributed by atoms with Crippen molar-refractivity contribution >= 4 is 58.5 Å². The molecule has 3 N–H and O–H groups in total. The number of methoxy groups -OCH3 is 2. The van der Waals surface area contributed by atoms with E-state index >= 15 is 0 Å². The number of benzene rings is 4. The van der Waals surface area contributed by atoms with Gasteiger partial charge in [-0.3, -0.25) is 14.4 Å². The van der Waals surface area contributed by atoms with Gasteiger partial charge in [-0.2, -0.15) is 0 Å². The molecule has 0 aliphatic carbocycles. The Morgan fingerprint density at radius 2 is 1.59 bits per heavy atom. The predicted octanol–water partition coefficient (Wildman–Crippen LogP) is 7.28. The van der Waals surface area contributed by atoms with Crippen LogP contribution in [-0.2, 0) is 9.59 Å². The third kappa shape index (κ3) is 8.89. The van der Waals surface area contributed by atoms with Gasteiger partial charge in [0.05, 0.1) is 19.5 Å². The third-order valence-electron chi connectivity index (χ3n) is 6.41. The van der Waals surface area contributed by atoms with E-state index in [-0.39, 0.29) is 16.9 Å². The topological polar surface area (TPSA) is 106 Å². The van der Waals surface area contributed by atoms with E-state index in [4.69, 9.17) is 21.1 Å². The molecule has 0 bridgehead atoms. The Labute approximate surface area is 265 Å². The van der Waals surface area contributed by atoms with Gasteiger partial charge < -0.3 is 25.4 Å². The first-order chi connectivity index (χ1) is 21.3.